The maximum absolute atomic E-state index is 5.78. The quantitative estimate of drug-likeness (QED) is 0.779. The van der Waals surface area contributed by atoms with Crippen molar-refractivity contribution < 1.29 is 4.74 Å². The van der Waals surface area contributed by atoms with Crippen LogP contribution in [0.3, 0.4) is 0 Å². The van der Waals surface area contributed by atoms with Crippen LogP contribution in [0.25, 0.3) is 0 Å². The maximum atomic E-state index is 5.78. The number of hydrogen-bond donors (Lipinski definition) is 0. The summed E-state index contributed by atoms with van der Waals surface area (Å²) in [7, 11) is 0. The zero-order chi connectivity index (χ0) is 13.1. The zero-order valence-corrected chi connectivity index (χ0v) is 11.4. The summed E-state index contributed by atoms with van der Waals surface area (Å²) in [6.07, 6.45) is 2.43. The van der Waals surface area contributed by atoms with Crippen molar-refractivity contribution in [2.45, 2.75) is 31.3 Å². The lowest BCUT2D eigenvalue weighted by Gasteiger charge is -2.41. The highest BCUT2D eigenvalue weighted by atomic mass is 16.5. The molecule has 0 aromatic heterocycles. The molecule has 0 radical (unpaired) electrons. The van der Waals surface area contributed by atoms with Crippen LogP contribution < -0.4 is 0 Å². The number of rotatable bonds is 2. The van der Waals surface area contributed by atoms with Crippen molar-refractivity contribution in [1.82, 2.24) is 0 Å². The third-order valence-electron chi connectivity index (χ3n) is 4.22. The molecule has 2 aromatic carbocycles. The van der Waals surface area contributed by atoms with E-state index >= 15 is 0 Å². The summed E-state index contributed by atoms with van der Waals surface area (Å²) in [5.41, 5.74) is 2.94. The Morgan fingerprint density at radius 2 is 1.42 bits per heavy atom. The summed E-state index contributed by atoms with van der Waals surface area (Å²) >= 11 is 0. The van der Waals surface area contributed by atoms with Gasteiger partial charge in [0.2, 0.25) is 0 Å². The summed E-state index contributed by atoms with van der Waals surface area (Å²) in [5.74, 6) is 0. The van der Waals surface area contributed by atoms with E-state index in [1.807, 2.05) is 0 Å². The molecule has 1 saturated heterocycles. The topological polar surface area (TPSA) is 9.23 Å². The zero-order valence-electron chi connectivity index (χ0n) is 11.4. The van der Waals surface area contributed by atoms with Crippen LogP contribution in [0.4, 0.5) is 0 Å². The van der Waals surface area contributed by atoms with Crippen molar-refractivity contribution in [2.24, 2.45) is 0 Å². The number of benzene rings is 2. The molecule has 0 bridgehead atoms. The summed E-state index contributed by atoms with van der Waals surface area (Å²) in [6.45, 7) is 3.02. The van der Waals surface area contributed by atoms with E-state index in [2.05, 4.69) is 67.6 Å². The predicted octanol–water partition coefficient (Wildman–Crippen LogP) is 4.17. The highest BCUT2D eigenvalue weighted by Crippen LogP contribution is 2.42. The fraction of sp³-hybridized carbons (Fsp3) is 0.333. The maximum Gasteiger partial charge on any atom is 0.0558 e. The Morgan fingerprint density at radius 1 is 0.895 bits per heavy atom. The van der Waals surface area contributed by atoms with E-state index in [1.54, 1.807) is 0 Å². The minimum Gasteiger partial charge on any atom is -0.378 e. The van der Waals surface area contributed by atoms with Crippen LogP contribution in [-0.2, 0) is 10.2 Å². The third kappa shape index (κ3) is 2.31. The molecule has 1 fully saturated rings. The molecule has 0 saturated carbocycles. The van der Waals surface area contributed by atoms with Crippen LogP contribution in [0.1, 0.15) is 30.9 Å². The lowest BCUT2D eigenvalue weighted by atomic mass is 9.68. The van der Waals surface area contributed by atoms with Gasteiger partial charge in [-0.25, -0.2) is 0 Å². The molecule has 1 nitrogen and oxygen atoms in total. The minimum absolute atomic E-state index is 0.111. The Bertz CT molecular complexity index is 478. The fourth-order valence-corrected chi connectivity index (χ4v) is 3.29. The minimum atomic E-state index is 0.111. The molecule has 1 aliphatic heterocycles. The second-order valence-corrected chi connectivity index (χ2v) is 5.45. The van der Waals surface area contributed by atoms with Crippen molar-refractivity contribution in [2.75, 3.05) is 6.61 Å². The molecule has 19 heavy (non-hydrogen) atoms. The van der Waals surface area contributed by atoms with Crippen molar-refractivity contribution in [1.29, 1.82) is 0 Å². The highest BCUT2D eigenvalue weighted by molar-refractivity contribution is 5.39. The van der Waals surface area contributed by atoms with Crippen LogP contribution in [-0.4, -0.2) is 12.7 Å². The van der Waals surface area contributed by atoms with Gasteiger partial charge in [-0.3, -0.25) is 0 Å². The molecule has 0 N–H and O–H groups in total. The number of ether oxygens (including phenoxy) is 1. The van der Waals surface area contributed by atoms with Crippen molar-refractivity contribution in [3.63, 3.8) is 0 Å². The van der Waals surface area contributed by atoms with Crippen LogP contribution in [0.5, 0.6) is 0 Å². The first-order valence-electron chi connectivity index (χ1n) is 7.04. The number of hydrogen-bond acceptors (Lipinski definition) is 1. The molecule has 1 heteroatoms. The molecule has 0 spiro atoms. The molecule has 1 heterocycles. The molecule has 0 amide bonds. The monoisotopic (exact) mass is 252 g/mol. The Hall–Kier alpha value is -1.60. The largest absolute Gasteiger partial charge is 0.378 e. The summed E-state index contributed by atoms with van der Waals surface area (Å²) in [5, 5.41) is 0. The lowest BCUT2D eigenvalue weighted by molar-refractivity contribution is -0.0000804. The molecule has 2 aromatic rings. The van der Waals surface area contributed by atoms with E-state index in [9.17, 15) is 0 Å². The Labute approximate surface area is 115 Å². The van der Waals surface area contributed by atoms with Crippen LogP contribution >= 0.6 is 0 Å². The van der Waals surface area contributed by atoms with E-state index in [-0.39, 0.29) is 5.41 Å². The summed E-state index contributed by atoms with van der Waals surface area (Å²) < 4.78 is 5.78. The van der Waals surface area contributed by atoms with Crippen molar-refractivity contribution in [3.05, 3.63) is 71.8 Å². The van der Waals surface area contributed by atoms with Gasteiger partial charge in [0.25, 0.3) is 0 Å². The summed E-state index contributed by atoms with van der Waals surface area (Å²) in [4.78, 5) is 0. The Balaban J connectivity index is 2.11. The first-order chi connectivity index (χ1) is 9.31. The first kappa shape index (κ1) is 12.4. The van der Waals surface area contributed by atoms with Gasteiger partial charge in [0.05, 0.1) is 6.10 Å². The molecule has 3 rings (SSSR count). The Morgan fingerprint density at radius 3 is 1.89 bits per heavy atom. The molecular weight excluding hydrogens is 232 g/mol. The van der Waals surface area contributed by atoms with Gasteiger partial charge in [-0.2, -0.15) is 0 Å². The van der Waals surface area contributed by atoms with Gasteiger partial charge in [-0.15, -0.1) is 0 Å². The average Bonchev–Trinajstić information content (AvgIpc) is 2.49. The molecule has 1 atom stereocenters. The molecule has 1 unspecified atom stereocenters. The molecular formula is C18H20O. The van der Waals surface area contributed by atoms with E-state index < -0.39 is 0 Å². The standard InChI is InChI=1S/C18H20O/c1-15-14-18(12-13-19-15,16-8-4-2-5-9-16)17-10-6-3-7-11-17/h2-11,15H,12-14H2,1H3. The van der Waals surface area contributed by atoms with Gasteiger partial charge in [-0.05, 0) is 30.9 Å². The predicted molar refractivity (Wildman–Crippen MR) is 78.3 cm³/mol. The average molecular weight is 252 g/mol. The second kappa shape index (κ2) is 5.18. The van der Waals surface area contributed by atoms with Gasteiger partial charge in [-0.1, -0.05) is 60.7 Å². The van der Waals surface area contributed by atoms with E-state index in [0.717, 1.165) is 19.4 Å². The van der Waals surface area contributed by atoms with Gasteiger partial charge >= 0.3 is 0 Å². The van der Waals surface area contributed by atoms with Gasteiger partial charge < -0.3 is 4.74 Å². The first-order valence-corrected chi connectivity index (χ1v) is 7.04. The highest BCUT2D eigenvalue weighted by Gasteiger charge is 2.38. The molecule has 98 valence electrons. The van der Waals surface area contributed by atoms with Crippen LogP contribution in [0.15, 0.2) is 60.7 Å². The third-order valence-corrected chi connectivity index (χ3v) is 4.22. The van der Waals surface area contributed by atoms with Crippen LogP contribution in [0, 0.1) is 0 Å². The molecule has 0 aliphatic carbocycles. The van der Waals surface area contributed by atoms with Crippen molar-refractivity contribution >= 4 is 0 Å². The van der Waals surface area contributed by atoms with E-state index in [0.29, 0.717) is 6.10 Å². The molecule has 1 aliphatic rings. The second-order valence-electron chi connectivity index (χ2n) is 5.45. The SMILES string of the molecule is CC1CC(c2ccccc2)(c2ccccc2)CCO1. The van der Waals surface area contributed by atoms with Gasteiger partial charge in [0, 0.05) is 12.0 Å². The Kier molecular flexibility index (Phi) is 3.39. The van der Waals surface area contributed by atoms with Crippen LogP contribution in [0.2, 0.25) is 0 Å². The fourth-order valence-electron chi connectivity index (χ4n) is 3.29. The normalized spacial score (nSPS) is 22.1. The van der Waals surface area contributed by atoms with Gasteiger partial charge in [0.15, 0.2) is 0 Å². The summed E-state index contributed by atoms with van der Waals surface area (Å²) in [6, 6.07) is 21.8. The van der Waals surface area contributed by atoms with Gasteiger partial charge in [0.1, 0.15) is 0 Å². The van der Waals surface area contributed by atoms with E-state index in [4.69, 9.17) is 4.74 Å². The van der Waals surface area contributed by atoms with E-state index in [1.165, 1.54) is 11.1 Å². The smallest absolute Gasteiger partial charge is 0.0558 e. The lowest BCUT2D eigenvalue weighted by Crippen LogP contribution is -2.38. The van der Waals surface area contributed by atoms with Crippen molar-refractivity contribution in [3.8, 4) is 0 Å².